The smallest absolute Gasteiger partial charge is 0.257 e. The lowest BCUT2D eigenvalue weighted by atomic mass is 10.1. The Hall–Kier alpha value is -2.17. The molecule has 1 fully saturated rings. The minimum absolute atomic E-state index is 0.0891. The van der Waals surface area contributed by atoms with Crippen LogP contribution in [0.1, 0.15) is 53.8 Å². The number of carbonyl (C=O) groups is 1. The van der Waals surface area contributed by atoms with Gasteiger partial charge in [-0.1, -0.05) is 13.0 Å². The molecular formula is C17H22N4O. The zero-order valence-corrected chi connectivity index (χ0v) is 13.2. The van der Waals surface area contributed by atoms with Crippen LogP contribution >= 0.6 is 0 Å². The van der Waals surface area contributed by atoms with E-state index in [1.807, 2.05) is 35.0 Å². The molecule has 0 saturated carbocycles. The molecule has 116 valence electrons. The normalized spacial score (nSPS) is 17.9. The van der Waals surface area contributed by atoms with E-state index >= 15 is 0 Å². The molecule has 1 unspecified atom stereocenters. The molecular weight excluding hydrogens is 276 g/mol. The molecule has 5 heteroatoms. The van der Waals surface area contributed by atoms with Crippen molar-refractivity contribution in [2.75, 3.05) is 6.54 Å². The minimum Gasteiger partial charge on any atom is -0.331 e. The summed E-state index contributed by atoms with van der Waals surface area (Å²) in [7, 11) is 0. The molecule has 0 bridgehead atoms. The van der Waals surface area contributed by atoms with Crippen LogP contribution < -0.4 is 0 Å². The highest BCUT2D eigenvalue weighted by atomic mass is 16.2. The SMILES string of the molecule is CCCn1cc(C(=O)N2CCCC2c2cccnc2)c(C)n1. The standard InChI is InChI=1S/C17H22N4O/c1-3-9-20-12-15(13(2)19-20)17(22)21-10-5-7-16(21)14-6-4-8-18-11-14/h4,6,8,11-12,16H,3,5,7,9-10H2,1-2H3. The summed E-state index contributed by atoms with van der Waals surface area (Å²) >= 11 is 0. The maximum atomic E-state index is 12.9. The summed E-state index contributed by atoms with van der Waals surface area (Å²) in [5, 5.41) is 4.45. The molecule has 2 aromatic rings. The second-order valence-corrected chi connectivity index (χ2v) is 5.83. The van der Waals surface area contributed by atoms with Crippen LogP contribution in [0, 0.1) is 6.92 Å². The number of aromatic nitrogens is 3. The quantitative estimate of drug-likeness (QED) is 0.872. The van der Waals surface area contributed by atoms with Gasteiger partial charge in [-0.05, 0) is 37.8 Å². The topological polar surface area (TPSA) is 51.0 Å². The number of aryl methyl sites for hydroxylation is 2. The fourth-order valence-electron chi connectivity index (χ4n) is 3.16. The van der Waals surface area contributed by atoms with E-state index in [1.54, 1.807) is 6.20 Å². The molecule has 0 radical (unpaired) electrons. The van der Waals surface area contributed by atoms with Crippen LogP contribution in [0.2, 0.25) is 0 Å². The molecule has 1 aliphatic heterocycles. The highest BCUT2D eigenvalue weighted by molar-refractivity contribution is 5.95. The Bertz CT molecular complexity index is 650. The number of carbonyl (C=O) groups excluding carboxylic acids is 1. The van der Waals surface area contributed by atoms with Gasteiger partial charge in [-0.25, -0.2) is 0 Å². The molecule has 22 heavy (non-hydrogen) atoms. The number of amides is 1. The van der Waals surface area contributed by atoms with Crippen molar-refractivity contribution in [3.8, 4) is 0 Å². The Morgan fingerprint density at radius 2 is 2.32 bits per heavy atom. The Kier molecular flexibility index (Phi) is 4.22. The first kappa shape index (κ1) is 14.8. The van der Waals surface area contributed by atoms with E-state index in [0.717, 1.165) is 49.2 Å². The van der Waals surface area contributed by atoms with Gasteiger partial charge in [0.15, 0.2) is 0 Å². The number of likely N-dealkylation sites (tertiary alicyclic amines) is 1. The van der Waals surface area contributed by atoms with Crippen LogP contribution in [0.15, 0.2) is 30.7 Å². The van der Waals surface area contributed by atoms with Gasteiger partial charge in [0.2, 0.25) is 0 Å². The summed E-state index contributed by atoms with van der Waals surface area (Å²) in [6.07, 6.45) is 8.57. The van der Waals surface area contributed by atoms with E-state index in [2.05, 4.69) is 23.1 Å². The zero-order chi connectivity index (χ0) is 15.5. The predicted octanol–water partition coefficient (Wildman–Crippen LogP) is 2.97. The highest BCUT2D eigenvalue weighted by Crippen LogP contribution is 2.32. The van der Waals surface area contributed by atoms with Crippen molar-refractivity contribution in [3.63, 3.8) is 0 Å². The summed E-state index contributed by atoms with van der Waals surface area (Å²) in [5.41, 5.74) is 2.66. The maximum Gasteiger partial charge on any atom is 0.257 e. The monoisotopic (exact) mass is 298 g/mol. The van der Waals surface area contributed by atoms with Gasteiger partial charge in [-0.15, -0.1) is 0 Å². The van der Waals surface area contributed by atoms with Crippen LogP contribution in [0.5, 0.6) is 0 Å². The number of hydrogen-bond acceptors (Lipinski definition) is 3. The van der Waals surface area contributed by atoms with Gasteiger partial charge >= 0.3 is 0 Å². The van der Waals surface area contributed by atoms with E-state index in [9.17, 15) is 4.79 Å². The van der Waals surface area contributed by atoms with Gasteiger partial charge in [-0.3, -0.25) is 14.5 Å². The molecule has 3 rings (SSSR count). The number of pyridine rings is 1. The van der Waals surface area contributed by atoms with Crippen LogP contribution in [-0.4, -0.2) is 32.1 Å². The Morgan fingerprint density at radius 1 is 1.45 bits per heavy atom. The van der Waals surface area contributed by atoms with Gasteiger partial charge in [0.05, 0.1) is 17.3 Å². The van der Waals surface area contributed by atoms with E-state index in [1.165, 1.54) is 0 Å². The lowest BCUT2D eigenvalue weighted by Gasteiger charge is -2.24. The van der Waals surface area contributed by atoms with Crippen LogP contribution in [-0.2, 0) is 6.54 Å². The van der Waals surface area contributed by atoms with Crippen LogP contribution in [0.4, 0.5) is 0 Å². The average Bonchev–Trinajstić information content (AvgIpc) is 3.15. The molecule has 1 saturated heterocycles. The zero-order valence-electron chi connectivity index (χ0n) is 13.2. The van der Waals surface area contributed by atoms with Crippen molar-refractivity contribution in [1.82, 2.24) is 19.7 Å². The third-order valence-electron chi connectivity index (χ3n) is 4.21. The van der Waals surface area contributed by atoms with E-state index in [-0.39, 0.29) is 11.9 Å². The van der Waals surface area contributed by atoms with Gasteiger partial charge in [-0.2, -0.15) is 5.10 Å². The molecule has 0 aromatic carbocycles. The second kappa shape index (κ2) is 6.30. The van der Waals surface area contributed by atoms with E-state index in [4.69, 9.17) is 0 Å². The molecule has 2 aromatic heterocycles. The Morgan fingerprint density at radius 3 is 3.05 bits per heavy atom. The molecule has 0 aliphatic carbocycles. The molecule has 5 nitrogen and oxygen atoms in total. The number of rotatable bonds is 4. The fraction of sp³-hybridized carbons (Fsp3) is 0.471. The van der Waals surface area contributed by atoms with Crippen molar-refractivity contribution in [2.45, 2.75) is 45.7 Å². The maximum absolute atomic E-state index is 12.9. The largest absolute Gasteiger partial charge is 0.331 e. The first-order valence-electron chi connectivity index (χ1n) is 7.95. The van der Waals surface area contributed by atoms with Crippen molar-refractivity contribution in [2.24, 2.45) is 0 Å². The highest BCUT2D eigenvalue weighted by Gasteiger charge is 2.32. The molecule has 0 spiro atoms. The van der Waals surface area contributed by atoms with Crippen molar-refractivity contribution < 1.29 is 4.79 Å². The van der Waals surface area contributed by atoms with E-state index < -0.39 is 0 Å². The molecule has 1 aliphatic rings. The van der Waals surface area contributed by atoms with Gasteiger partial charge in [0.25, 0.3) is 5.91 Å². The number of nitrogens with zero attached hydrogens (tertiary/aromatic N) is 4. The summed E-state index contributed by atoms with van der Waals surface area (Å²) in [6.45, 7) is 5.67. The second-order valence-electron chi connectivity index (χ2n) is 5.83. The third kappa shape index (κ3) is 2.75. The van der Waals surface area contributed by atoms with E-state index in [0.29, 0.717) is 0 Å². The van der Waals surface area contributed by atoms with Crippen molar-refractivity contribution >= 4 is 5.91 Å². The third-order valence-corrected chi connectivity index (χ3v) is 4.21. The molecule has 1 atom stereocenters. The van der Waals surface area contributed by atoms with Crippen LogP contribution in [0.25, 0.3) is 0 Å². The van der Waals surface area contributed by atoms with Crippen LogP contribution in [0.3, 0.4) is 0 Å². The lowest BCUT2D eigenvalue weighted by molar-refractivity contribution is 0.0734. The van der Waals surface area contributed by atoms with Gasteiger partial charge < -0.3 is 4.90 Å². The fourth-order valence-corrected chi connectivity index (χ4v) is 3.16. The predicted molar refractivity (Wildman–Crippen MR) is 84.5 cm³/mol. The van der Waals surface area contributed by atoms with Crippen molar-refractivity contribution in [3.05, 3.63) is 47.5 Å². The summed E-state index contributed by atoms with van der Waals surface area (Å²) in [4.78, 5) is 19.1. The first-order chi connectivity index (χ1) is 10.7. The first-order valence-corrected chi connectivity index (χ1v) is 7.95. The molecule has 0 N–H and O–H groups in total. The van der Waals surface area contributed by atoms with Crippen molar-refractivity contribution in [1.29, 1.82) is 0 Å². The Balaban J connectivity index is 1.85. The average molecular weight is 298 g/mol. The molecule has 3 heterocycles. The Labute approximate surface area is 131 Å². The summed E-state index contributed by atoms with van der Waals surface area (Å²) in [5.74, 6) is 0.0891. The summed E-state index contributed by atoms with van der Waals surface area (Å²) in [6, 6.07) is 4.12. The lowest BCUT2D eigenvalue weighted by Crippen LogP contribution is -2.30. The summed E-state index contributed by atoms with van der Waals surface area (Å²) < 4.78 is 1.87. The molecule has 1 amide bonds. The van der Waals surface area contributed by atoms with Gasteiger partial charge in [0.1, 0.15) is 0 Å². The number of hydrogen-bond donors (Lipinski definition) is 0. The minimum atomic E-state index is 0.0891. The van der Waals surface area contributed by atoms with Gasteiger partial charge in [0, 0.05) is 31.7 Å².